The van der Waals surface area contributed by atoms with E-state index >= 15 is 0 Å². The molecule has 0 spiro atoms. The Morgan fingerprint density at radius 2 is 2.00 bits per heavy atom. The van der Waals surface area contributed by atoms with Gasteiger partial charge in [0.15, 0.2) is 0 Å². The Morgan fingerprint density at radius 1 is 1.41 bits per heavy atom. The number of carbonyl (C=O) groups excluding carboxylic acids is 1. The number of hydrogen-bond donors (Lipinski definition) is 0. The summed E-state index contributed by atoms with van der Waals surface area (Å²) < 4.78 is 4.65. The number of benzene rings is 1. The second-order valence-corrected chi connectivity index (χ2v) is 3.40. The topological polar surface area (TPSA) is 69.4 Å². The molecule has 5 nitrogen and oxygen atoms in total. The average molecular weight is 235 g/mol. The van der Waals surface area contributed by atoms with Crippen LogP contribution >= 0.6 is 0 Å². The molecule has 0 aromatic heterocycles. The molecule has 5 heteroatoms. The molecule has 0 atom stereocenters. The van der Waals surface area contributed by atoms with Crippen LogP contribution in [0.25, 0.3) is 5.70 Å². The molecular weight excluding hydrogens is 222 g/mol. The number of carbonyl (C=O) groups is 1. The molecule has 90 valence electrons. The first kappa shape index (κ1) is 12.9. The molecule has 0 bridgehead atoms. The highest BCUT2D eigenvalue weighted by Crippen LogP contribution is 2.15. The lowest BCUT2D eigenvalue weighted by Crippen LogP contribution is -2.05. The van der Waals surface area contributed by atoms with E-state index in [1.54, 1.807) is 31.2 Å². The van der Waals surface area contributed by atoms with Crippen molar-refractivity contribution in [3.63, 3.8) is 0 Å². The van der Waals surface area contributed by atoms with Crippen LogP contribution in [0.15, 0.2) is 30.3 Å². The van der Waals surface area contributed by atoms with Gasteiger partial charge >= 0.3 is 5.97 Å². The van der Waals surface area contributed by atoms with Crippen LogP contribution in [0.5, 0.6) is 0 Å². The van der Waals surface area contributed by atoms with Gasteiger partial charge in [0, 0.05) is 0 Å². The molecule has 0 aliphatic rings. The molecule has 1 aromatic rings. The fourth-order valence-corrected chi connectivity index (χ4v) is 1.26. The molecule has 0 N–H and O–H groups in total. The van der Waals surface area contributed by atoms with Gasteiger partial charge in [0.05, 0.1) is 17.1 Å². The molecule has 0 radical (unpaired) electrons. The van der Waals surface area contributed by atoms with E-state index in [1.165, 1.54) is 0 Å². The van der Waals surface area contributed by atoms with Crippen molar-refractivity contribution >= 4 is 11.7 Å². The van der Waals surface area contributed by atoms with Crippen LogP contribution in [0.3, 0.4) is 0 Å². The molecular formula is C12H13NO4. The van der Waals surface area contributed by atoms with Gasteiger partial charge < -0.3 is 4.74 Å². The number of ether oxygens (including phenoxy) is 1. The normalized spacial score (nSPS) is 11.1. The Hall–Kier alpha value is -2.17. The highest BCUT2D eigenvalue weighted by molar-refractivity contribution is 5.89. The monoisotopic (exact) mass is 235 g/mol. The Bertz CT molecular complexity index is 448. The van der Waals surface area contributed by atoms with Gasteiger partial charge in [-0.05, 0) is 26.0 Å². The van der Waals surface area contributed by atoms with Crippen molar-refractivity contribution in [3.8, 4) is 0 Å². The van der Waals surface area contributed by atoms with Gasteiger partial charge in [0.1, 0.15) is 6.08 Å². The second kappa shape index (κ2) is 5.79. The SMILES string of the molecule is CCOC(=O)/C=C(/c1ccc(C)cc1)[N+](=O)[O-]. The lowest BCUT2D eigenvalue weighted by Gasteiger charge is -2.00. The summed E-state index contributed by atoms with van der Waals surface area (Å²) in [7, 11) is 0. The zero-order chi connectivity index (χ0) is 12.8. The van der Waals surface area contributed by atoms with Crippen molar-refractivity contribution < 1.29 is 14.5 Å². The van der Waals surface area contributed by atoms with E-state index in [1.807, 2.05) is 6.92 Å². The molecule has 1 aromatic carbocycles. The molecule has 17 heavy (non-hydrogen) atoms. The quantitative estimate of drug-likeness (QED) is 0.347. The van der Waals surface area contributed by atoms with Crippen molar-refractivity contribution in [1.29, 1.82) is 0 Å². The van der Waals surface area contributed by atoms with Gasteiger partial charge in [-0.3, -0.25) is 10.1 Å². The van der Waals surface area contributed by atoms with Crippen LogP contribution in [-0.2, 0) is 9.53 Å². The van der Waals surface area contributed by atoms with E-state index < -0.39 is 10.9 Å². The van der Waals surface area contributed by atoms with Gasteiger partial charge in [-0.25, -0.2) is 4.79 Å². The summed E-state index contributed by atoms with van der Waals surface area (Å²) in [5.74, 6) is -0.709. The standard InChI is InChI=1S/C12H13NO4/c1-3-17-12(14)8-11(13(15)16)10-6-4-9(2)5-7-10/h4-8H,3H2,1-2H3/b11-8-. The Balaban J connectivity index is 3.05. The van der Waals surface area contributed by atoms with E-state index in [-0.39, 0.29) is 12.3 Å². The number of nitro groups is 1. The van der Waals surface area contributed by atoms with Crippen molar-refractivity contribution in [1.82, 2.24) is 0 Å². The van der Waals surface area contributed by atoms with E-state index in [0.29, 0.717) is 5.56 Å². The van der Waals surface area contributed by atoms with E-state index in [0.717, 1.165) is 11.6 Å². The number of rotatable bonds is 4. The Labute approximate surface area is 98.9 Å². The smallest absolute Gasteiger partial charge is 0.337 e. The van der Waals surface area contributed by atoms with Gasteiger partial charge in [-0.1, -0.05) is 17.7 Å². The number of esters is 1. The summed E-state index contributed by atoms with van der Waals surface area (Å²) >= 11 is 0. The van der Waals surface area contributed by atoms with Gasteiger partial charge in [0.2, 0.25) is 0 Å². The molecule has 0 aliphatic carbocycles. The van der Waals surface area contributed by atoms with Crippen molar-refractivity contribution in [2.24, 2.45) is 0 Å². The minimum atomic E-state index is -0.709. The first-order chi connectivity index (χ1) is 8.04. The third kappa shape index (κ3) is 3.71. The van der Waals surface area contributed by atoms with Crippen molar-refractivity contribution in [3.05, 3.63) is 51.6 Å². The molecule has 0 saturated heterocycles. The zero-order valence-corrected chi connectivity index (χ0v) is 9.67. The number of aryl methyl sites for hydroxylation is 1. The highest BCUT2D eigenvalue weighted by atomic mass is 16.6. The third-order valence-electron chi connectivity index (χ3n) is 2.09. The largest absolute Gasteiger partial charge is 0.463 e. The predicted molar refractivity (Wildman–Crippen MR) is 62.8 cm³/mol. The summed E-state index contributed by atoms with van der Waals surface area (Å²) in [6.45, 7) is 3.71. The fourth-order valence-electron chi connectivity index (χ4n) is 1.26. The van der Waals surface area contributed by atoms with Crippen LogP contribution in [0, 0.1) is 17.0 Å². The first-order valence-corrected chi connectivity index (χ1v) is 5.14. The third-order valence-corrected chi connectivity index (χ3v) is 2.09. The molecule has 0 aliphatic heterocycles. The van der Waals surface area contributed by atoms with E-state index in [9.17, 15) is 14.9 Å². The first-order valence-electron chi connectivity index (χ1n) is 5.14. The van der Waals surface area contributed by atoms with Gasteiger partial charge in [0.25, 0.3) is 5.70 Å². The molecule has 0 fully saturated rings. The predicted octanol–water partition coefficient (Wildman–Crippen LogP) is 2.18. The summed E-state index contributed by atoms with van der Waals surface area (Å²) in [6, 6.07) is 6.70. The summed E-state index contributed by atoms with van der Waals surface area (Å²) in [4.78, 5) is 21.5. The van der Waals surface area contributed by atoms with Crippen LogP contribution in [0.4, 0.5) is 0 Å². The Kier molecular flexibility index (Phi) is 4.39. The summed E-state index contributed by atoms with van der Waals surface area (Å²) in [6.07, 6.45) is 0.897. The zero-order valence-electron chi connectivity index (χ0n) is 9.67. The molecule has 0 unspecified atom stereocenters. The average Bonchev–Trinajstić information content (AvgIpc) is 2.27. The number of hydrogen-bond acceptors (Lipinski definition) is 4. The maximum atomic E-state index is 11.2. The maximum absolute atomic E-state index is 11.2. The molecule has 0 heterocycles. The lowest BCUT2D eigenvalue weighted by atomic mass is 10.1. The highest BCUT2D eigenvalue weighted by Gasteiger charge is 2.16. The minimum absolute atomic E-state index is 0.189. The molecule has 0 amide bonds. The van der Waals surface area contributed by atoms with Crippen LogP contribution < -0.4 is 0 Å². The summed E-state index contributed by atoms with van der Waals surface area (Å²) in [5, 5.41) is 10.9. The molecule has 0 saturated carbocycles. The molecule has 1 rings (SSSR count). The van der Waals surface area contributed by atoms with Crippen LogP contribution in [-0.4, -0.2) is 17.5 Å². The number of nitrogens with zero attached hydrogens (tertiary/aromatic N) is 1. The van der Waals surface area contributed by atoms with Crippen LogP contribution in [0.2, 0.25) is 0 Å². The van der Waals surface area contributed by atoms with Gasteiger partial charge in [-0.2, -0.15) is 0 Å². The van der Waals surface area contributed by atoms with Crippen molar-refractivity contribution in [2.75, 3.05) is 6.61 Å². The fraction of sp³-hybridized carbons (Fsp3) is 0.250. The Morgan fingerprint density at radius 3 is 2.47 bits per heavy atom. The summed E-state index contributed by atoms with van der Waals surface area (Å²) in [5.41, 5.74) is 1.12. The second-order valence-electron chi connectivity index (χ2n) is 3.40. The lowest BCUT2D eigenvalue weighted by molar-refractivity contribution is -0.375. The van der Waals surface area contributed by atoms with Gasteiger partial charge in [-0.15, -0.1) is 0 Å². The maximum Gasteiger partial charge on any atom is 0.337 e. The van der Waals surface area contributed by atoms with Crippen LogP contribution in [0.1, 0.15) is 18.1 Å². The van der Waals surface area contributed by atoms with E-state index in [2.05, 4.69) is 4.74 Å². The van der Waals surface area contributed by atoms with Crippen molar-refractivity contribution in [2.45, 2.75) is 13.8 Å². The minimum Gasteiger partial charge on any atom is -0.463 e. The van der Waals surface area contributed by atoms with E-state index in [4.69, 9.17) is 0 Å².